The zero-order valence-corrected chi connectivity index (χ0v) is 14.6. The van der Waals surface area contributed by atoms with Gasteiger partial charge in [0.1, 0.15) is 11.9 Å². The molecule has 0 aliphatic carbocycles. The fourth-order valence-corrected chi connectivity index (χ4v) is 3.56. The normalized spacial score (nSPS) is 12.5. The van der Waals surface area contributed by atoms with Gasteiger partial charge in [-0.3, -0.25) is 9.10 Å². The maximum atomic E-state index is 13.2. The number of sulfonamides is 1. The van der Waals surface area contributed by atoms with Gasteiger partial charge in [-0.05, 0) is 37.3 Å². The maximum absolute atomic E-state index is 13.2. The monoisotopic (exact) mass is 370 g/mol. The first-order chi connectivity index (χ1) is 11.2. The first-order valence-corrected chi connectivity index (χ1v) is 9.23. The van der Waals surface area contributed by atoms with Crippen LogP contribution < -0.4 is 9.62 Å². The molecule has 0 radical (unpaired) electrons. The molecule has 2 aromatic carbocycles. The molecule has 0 saturated carbocycles. The lowest BCUT2D eigenvalue weighted by atomic mass is 10.2. The average Bonchev–Trinajstić information content (AvgIpc) is 2.50. The quantitative estimate of drug-likeness (QED) is 0.878. The van der Waals surface area contributed by atoms with Gasteiger partial charge in [0.15, 0.2) is 0 Å². The molecule has 1 atom stereocenters. The standard InChI is InChI=1S/C16H16ClFN2O3S/c1-11(16(21)19-12-8-9-15(18)14(17)10-12)20(24(2,22)23)13-6-4-3-5-7-13/h3-11H,1-2H3,(H,19,21). The topological polar surface area (TPSA) is 66.5 Å². The van der Waals surface area contributed by atoms with Crippen LogP contribution in [0.1, 0.15) is 6.92 Å². The molecule has 0 saturated heterocycles. The highest BCUT2D eigenvalue weighted by molar-refractivity contribution is 7.92. The SMILES string of the molecule is CC(C(=O)Nc1ccc(F)c(Cl)c1)N(c1ccccc1)S(C)(=O)=O. The average molecular weight is 371 g/mol. The van der Waals surface area contributed by atoms with Crippen LogP contribution in [0.15, 0.2) is 48.5 Å². The Bertz CT molecular complexity index is 844. The van der Waals surface area contributed by atoms with Gasteiger partial charge in [0.25, 0.3) is 0 Å². The van der Waals surface area contributed by atoms with Crippen molar-refractivity contribution in [1.29, 1.82) is 0 Å². The number of carbonyl (C=O) groups is 1. The molecule has 0 aromatic heterocycles. The van der Waals surface area contributed by atoms with Crippen molar-refractivity contribution in [2.24, 2.45) is 0 Å². The summed E-state index contributed by atoms with van der Waals surface area (Å²) in [6.45, 7) is 1.47. The fraction of sp³-hybridized carbons (Fsp3) is 0.188. The lowest BCUT2D eigenvalue weighted by Crippen LogP contribution is -2.45. The molecule has 5 nitrogen and oxygen atoms in total. The summed E-state index contributed by atoms with van der Waals surface area (Å²) in [6.07, 6.45) is 1.03. The van der Waals surface area contributed by atoms with Gasteiger partial charge in [0, 0.05) is 5.69 Å². The lowest BCUT2D eigenvalue weighted by molar-refractivity contribution is -0.116. The van der Waals surface area contributed by atoms with E-state index in [1.807, 2.05) is 0 Å². The smallest absolute Gasteiger partial charge is 0.247 e. The van der Waals surface area contributed by atoms with E-state index in [2.05, 4.69) is 5.32 Å². The van der Waals surface area contributed by atoms with Crippen molar-refractivity contribution in [2.45, 2.75) is 13.0 Å². The molecular formula is C16H16ClFN2O3S. The number of amides is 1. The molecule has 1 N–H and O–H groups in total. The molecule has 0 aliphatic rings. The summed E-state index contributed by atoms with van der Waals surface area (Å²) in [5, 5.41) is 2.40. The molecule has 0 fully saturated rings. The number of rotatable bonds is 5. The number of anilines is 2. The van der Waals surface area contributed by atoms with Crippen LogP contribution in [0, 0.1) is 5.82 Å². The summed E-state index contributed by atoms with van der Waals surface area (Å²) < 4.78 is 38.4. The second-order valence-corrected chi connectivity index (χ2v) is 7.46. The van der Waals surface area contributed by atoms with E-state index in [9.17, 15) is 17.6 Å². The number of hydrogen-bond acceptors (Lipinski definition) is 3. The number of hydrogen-bond donors (Lipinski definition) is 1. The second-order valence-electron chi connectivity index (χ2n) is 5.19. The lowest BCUT2D eigenvalue weighted by Gasteiger charge is -2.28. The Morgan fingerprint density at radius 2 is 1.83 bits per heavy atom. The van der Waals surface area contributed by atoms with E-state index in [0.29, 0.717) is 5.69 Å². The van der Waals surface area contributed by atoms with Gasteiger partial charge >= 0.3 is 0 Å². The van der Waals surface area contributed by atoms with Crippen LogP contribution in [-0.4, -0.2) is 26.6 Å². The van der Waals surface area contributed by atoms with Gasteiger partial charge < -0.3 is 5.32 Å². The molecule has 1 unspecified atom stereocenters. The number of para-hydroxylation sites is 1. The van der Waals surface area contributed by atoms with Crippen LogP contribution in [0.4, 0.5) is 15.8 Å². The number of halogens is 2. The van der Waals surface area contributed by atoms with Crippen molar-refractivity contribution in [3.05, 3.63) is 59.4 Å². The van der Waals surface area contributed by atoms with E-state index in [4.69, 9.17) is 11.6 Å². The highest BCUT2D eigenvalue weighted by Gasteiger charge is 2.29. The van der Waals surface area contributed by atoms with E-state index in [1.165, 1.54) is 19.1 Å². The molecular weight excluding hydrogens is 355 g/mol. The van der Waals surface area contributed by atoms with Crippen LogP contribution >= 0.6 is 11.6 Å². The Kier molecular flexibility index (Phi) is 5.46. The van der Waals surface area contributed by atoms with E-state index >= 15 is 0 Å². The van der Waals surface area contributed by atoms with Crippen LogP contribution in [0.5, 0.6) is 0 Å². The van der Waals surface area contributed by atoms with Crippen molar-refractivity contribution in [2.75, 3.05) is 15.9 Å². The third-order valence-corrected chi connectivity index (χ3v) is 4.82. The third-order valence-electron chi connectivity index (χ3n) is 3.29. The Morgan fingerprint density at radius 3 is 2.38 bits per heavy atom. The zero-order valence-electron chi connectivity index (χ0n) is 13.0. The molecule has 0 aliphatic heterocycles. The van der Waals surface area contributed by atoms with Crippen molar-refractivity contribution < 1.29 is 17.6 Å². The first kappa shape index (κ1) is 18.2. The molecule has 2 aromatic rings. The Morgan fingerprint density at radius 1 is 1.21 bits per heavy atom. The minimum atomic E-state index is -3.68. The molecule has 24 heavy (non-hydrogen) atoms. The van der Waals surface area contributed by atoms with Crippen molar-refractivity contribution in [3.63, 3.8) is 0 Å². The molecule has 0 spiro atoms. The van der Waals surface area contributed by atoms with Gasteiger partial charge in [-0.15, -0.1) is 0 Å². The predicted molar refractivity (Wildman–Crippen MR) is 93.3 cm³/mol. The number of benzene rings is 2. The molecule has 1 amide bonds. The second kappa shape index (κ2) is 7.19. The van der Waals surface area contributed by atoms with Crippen molar-refractivity contribution in [1.82, 2.24) is 0 Å². The Labute approximate surface area is 145 Å². The van der Waals surface area contributed by atoms with E-state index < -0.39 is 27.8 Å². The number of carbonyl (C=O) groups excluding carboxylic acids is 1. The molecule has 0 heterocycles. The minimum Gasteiger partial charge on any atom is -0.324 e. The maximum Gasteiger partial charge on any atom is 0.247 e. The summed E-state index contributed by atoms with van der Waals surface area (Å²) >= 11 is 5.68. The molecule has 8 heteroatoms. The van der Waals surface area contributed by atoms with E-state index in [0.717, 1.165) is 16.6 Å². The molecule has 2 rings (SSSR count). The van der Waals surface area contributed by atoms with Gasteiger partial charge in [0.2, 0.25) is 15.9 Å². The molecule has 128 valence electrons. The minimum absolute atomic E-state index is 0.136. The summed E-state index contributed by atoms with van der Waals surface area (Å²) in [5.74, 6) is -1.17. The summed E-state index contributed by atoms with van der Waals surface area (Å²) in [5.41, 5.74) is 0.652. The highest BCUT2D eigenvalue weighted by atomic mass is 35.5. The van der Waals surface area contributed by atoms with E-state index in [-0.39, 0.29) is 10.7 Å². The Hall–Kier alpha value is -2.12. The highest BCUT2D eigenvalue weighted by Crippen LogP contribution is 2.23. The van der Waals surface area contributed by atoms with Crippen molar-refractivity contribution >= 4 is 38.9 Å². The molecule has 0 bridgehead atoms. The Balaban J connectivity index is 2.27. The van der Waals surface area contributed by atoms with Gasteiger partial charge in [-0.1, -0.05) is 29.8 Å². The van der Waals surface area contributed by atoms with Crippen LogP contribution in [0.25, 0.3) is 0 Å². The van der Waals surface area contributed by atoms with E-state index in [1.54, 1.807) is 30.3 Å². The fourth-order valence-electron chi connectivity index (χ4n) is 2.20. The first-order valence-electron chi connectivity index (χ1n) is 7.00. The van der Waals surface area contributed by atoms with Gasteiger partial charge in [-0.25, -0.2) is 12.8 Å². The van der Waals surface area contributed by atoms with Crippen LogP contribution in [0.2, 0.25) is 5.02 Å². The zero-order chi connectivity index (χ0) is 17.9. The van der Waals surface area contributed by atoms with Crippen LogP contribution in [-0.2, 0) is 14.8 Å². The number of nitrogens with one attached hydrogen (secondary N) is 1. The van der Waals surface area contributed by atoms with Crippen LogP contribution in [0.3, 0.4) is 0 Å². The van der Waals surface area contributed by atoms with Gasteiger partial charge in [-0.2, -0.15) is 0 Å². The summed E-state index contributed by atoms with van der Waals surface area (Å²) in [6, 6.07) is 11.0. The predicted octanol–water partition coefficient (Wildman–Crippen LogP) is 3.27. The largest absolute Gasteiger partial charge is 0.324 e. The third kappa shape index (κ3) is 4.24. The summed E-state index contributed by atoms with van der Waals surface area (Å²) in [7, 11) is -3.68. The summed E-state index contributed by atoms with van der Waals surface area (Å²) in [4.78, 5) is 12.4. The van der Waals surface area contributed by atoms with Crippen molar-refractivity contribution in [3.8, 4) is 0 Å². The number of nitrogens with zero attached hydrogens (tertiary/aromatic N) is 1. The van der Waals surface area contributed by atoms with Gasteiger partial charge in [0.05, 0.1) is 17.0 Å².